The van der Waals surface area contributed by atoms with Gasteiger partial charge in [-0.3, -0.25) is 0 Å². The summed E-state index contributed by atoms with van der Waals surface area (Å²) in [6.45, 7) is 0.795. The van der Waals surface area contributed by atoms with Crippen LogP contribution in [0.3, 0.4) is 0 Å². The largest absolute Gasteiger partial charge is 0.454 e. The number of rotatable bonds is 3. The van der Waals surface area contributed by atoms with Crippen molar-refractivity contribution in [3.63, 3.8) is 0 Å². The highest BCUT2D eigenvalue weighted by atomic mass is 127. The monoisotopic (exact) mass is 321 g/mol. The number of hydrogen-bond acceptors (Lipinski definition) is 3. The highest BCUT2D eigenvalue weighted by Gasteiger charge is 2.18. The van der Waals surface area contributed by atoms with Crippen molar-refractivity contribution in [3.05, 3.63) is 21.7 Å². The van der Waals surface area contributed by atoms with Gasteiger partial charge in [-0.1, -0.05) is 0 Å². The zero-order valence-electron chi connectivity index (χ0n) is 8.58. The van der Waals surface area contributed by atoms with E-state index in [1.54, 1.807) is 0 Å². The lowest BCUT2D eigenvalue weighted by Crippen LogP contribution is -2.34. The van der Waals surface area contributed by atoms with E-state index in [1.165, 1.54) is 0 Å². The summed E-state index contributed by atoms with van der Waals surface area (Å²) in [5.74, 6) is 0.991. The van der Waals surface area contributed by atoms with E-state index in [4.69, 9.17) is 4.42 Å². The molecule has 0 unspecified atom stereocenters. The van der Waals surface area contributed by atoms with Crippen molar-refractivity contribution >= 4 is 22.6 Å². The summed E-state index contributed by atoms with van der Waals surface area (Å²) in [4.78, 5) is 0. The Bertz CT molecular complexity index is 305. The maximum atomic E-state index is 9.37. The molecule has 3 nitrogen and oxygen atoms in total. The smallest absolute Gasteiger partial charge is 0.164 e. The lowest BCUT2D eigenvalue weighted by molar-refractivity contribution is 0.116. The second-order valence-corrected chi connectivity index (χ2v) is 5.16. The molecule has 1 saturated carbocycles. The predicted octanol–water partition coefficient (Wildman–Crippen LogP) is 2.28. The number of halogens is 1. The fourth-order valence-electron chi connectivity index (χ4n) is 1.97. The highest BCUT2D eigenvalue weighted by Crippen LogP contribution is 2.19. The van der Waals surface area contributed by atoms with E-state index in [0.29, 0.717) is 6.04 Å². The first-order valence-electron chi connectivity index (χ1n) is 5.39. The molecule has 0 aromatic carbocycles. The minimum atomic E-state index is -0.0763. The minimum Gasteiger partial charge on any atom is -0.454 e. The maximum absolute atomic E-state index is 9.37. The fourth-order valence-corrected chi connectivity index (χ4v) is 2.43. The lowest BCUT2D eigenvalue weighted by atomic mass is 9.93. The Hall–Kier alpha value is -0.0700. The average Bonchev–Trinajstić information content (AvgIpc) is 2.64. The molecule has 1 aliphatic rings. The van der Waals surface area contributed by atoms with Gasteiger partial charge >= 0.3 is 0 Å². The van der Waals surface area contributed by atoms with Gasteiger partial charge in [0, 0.05) is 6.04 Å². The first-order valence-corrected chi connectivity index (χ1v) is 6.47. The number of aliphatic hydroxyl groups is 1. The second-order valence-electron chi connectivity index (χ2n) is 4.09. The molecule has 0 bridgehead atoms. The van der Waals surface area contributed by atoms with Gasteiger partial charge < -0.3 is 14.8 Å². The molecule has 0 atom stereocenters. The van der Waals surface area contributed by atoms with E-state index in [1.807, 2.05) is 12.1 Å². The van der Waals surface area contributed by atoms with Gasteiger partial charge in [0.2, 0.25) is 0 Å². The molecule has 2 N–H and O–H groups in total. The van der Waals surface area contributed by atoms with Crippen LogP contribution in [0.4, 0.5) is 0 Å². The Kier molecular flexibility index (Phi) is 4.05. The quantitative estimate of drug-likeness (QED) is 0.840. The summed E-state index contributed by atoms with van der Waals surface area (Å²) in [5, 5.41) is 12.8. The van der Waals surface area contributed by atoms with Crippen LogP contribution in [-0.2, 0) is 6.54 Å². The van der Waals surface area contributed by atoms with Gasteiger partial charge in [-0.05, 0) is 60.4 Å². The van der Waals surface area contributed by atoms with Crippen LogP contribution in [0.2, 0.25) is 0 Å². The number of hydrogen-bond donors (Lipinski definition) is 2. The Morgan fingerprint density at radius 1 is 1.33 bits per heavy atom. The molecule has 1 aromatic heterocycles. The van der Waals surface area contributed by atoms with Crippen LogP contribution in [0.15, 0.2) is 16.5 Å². The summed E-state index contributed by atoms with van der Waals surface area (Å²) in [7, 11) is 0. The molecule has 84 valence electrons. The van der Waals surface area contributed by atoms with E-state index in [9.17, 15) is 5.11 Å². The van der Waals surface area contributed by atoms with Gasteiger partial charge in [0.15, 0.2) is 3.77 Å². The maximum Gasteiger partial charge on any atom is 0.164 e. The van der Waals surface area contributed by atoms with Crippen molar-refractivity contribution in [2.75, 3.05) is 0 Å². The van der Waals surface area contributed by atoms with Crippen molar-refractivity contribution in [1.82, 2.24) is 5.32 Å². The van der Waals surface area contributed by atoms with Crippen LogP contribution in [0.25, 0.3) is 0 Å². The van der Waals surface area contributed by atoms with Crippen molar-refractivity contribution in [3.8, 4) is 0 Å². The SMILES string of the molecule is OC1CCC(NCc2ccc(I)o2)CC1. The molecule has 1 fully saturated rings. The van der Waals surface area contributed by atoms with Crippen molar-refractivity contribution in [2.45, 2.75) is 44.4 Å². The molecule has 0 aliphatic heterocycles. The second kappa shape index (κ2) is 5.32. The van der Waals surface area contributed by atoms with Crippen LogP contribution >= 0.6 is 22.6 Å². The van der Waals surface area contributed by atoms with Gasteiger partial charge in [0.05, 0.1) is 12.6 Å². The molecule has 0 spiro atoms. The lowest BCUT2D eigenvalue weighted by Gasteiger charge is -2.25. The van der Waals surface area contributed by atoms with E-state index >= 15 is 0 Å². The van der Waals surface area contributed by atoms with Crippen molar-refractivity contribution in [1.29, 1.82) is 0 Å². The Morgan fingerprint density at radius 2 is 2.07 bits per heavy atom. The van der Waals surface area contributed by atoms with Gasteiger partial charge in [0.25, 0.3) is 0 Å². The van der Waals surface area contributed by atoms with Crippen LogP contribution < -0.4 is 5.32 Å². The molecule has 0 amide bonds. The molecule has 1 heterocycles. The van der Waals surface area contributed by atoms with E-state index in [0.717, 1.165) is 41.8 Å². The van der Waals surface area contributed by atoms with E-state index < -0.39 is 0 Å². The molecular weight excluding hydrogens is 305 g/mol. The molecule has 0 saturated heterocycles. The first kappa shape index (κ1) is 11.4. The molecule has 4 heteroatoms. The number of aliphatic hydroxyl groups excluding tert-OH is 1. The third-order valence-corrected chi connectivity index (χ3v) is 3.47. The Labute approximate surface area is 103 Å². The number of furan rings is 1. The van der Waals surface area contributed by atoms with Crippen molar-refractivity contribution in [2.24, 2.45) is 0 Å². The third-order valence-electron chi connectivity index (χ3n) is 2.89. The molecule has 1 aliphatic carbocycles. The van der Waals surface area contributed by atoms with E-state index in [-0.39, 0.29) is 6.10 Å². The fraction of sp³-hybridized carbons (Fsp3) is 0.636. The van der Waals surface area contributed by atoms with Gasteiger partial charge in [-0.15, -0.1) is 0 Å². The molecule has 2 rings (SSSR count). The van der Waals surface area contributed by atoms with Crippen LogP contribution in [-0.4, -0.2) is 17.3 Å². The normalized spacial score (nSPS) is 26.8. The predicted molar refractivity (Wildman–Crippen MR) is 66.5 cm³/mol. The summed E-state index contributed by atoms with van der Waals surface area (Å²) in [6, 6.07) is 4.52. The topological polar surface area (TPSA) is 45.4 Å². The van der Waals surface area contributed by atoms with Crippen LogP contribution in [0.5, 0.6) is 0 Å². The molecule has 1 aromatic rings. The zero-order valence-corrected chi connectivity index (χ0v) is 10.7. The molecule has 15 heavy (non-hydrogen) atoms. The zero-order chi connectivity index (χ0) is 10.7. The molecule has 0 radical (unpaired) electrons. The van der Waals surface area contributed by atoms with E-state index in [2.05, 4.69) is 27.9 Å². The Balaban J connectivity index is 1.74. The summed E-state index contributed by atoms with van der Waals surface area (Å²) < 4.78 is 6.40. The van der Waals surface area contributed by atoms with Gasteiger partial charge in [-0.2, -0.15) is 0 Å². The minimum absolute atomic E-state index is 0.0763. The average molecular weight is 321 g/mol. The standard InChI is InChI=1S/C11H16INO2/c12-11-6-5-10(15-11)7-13-8-1-3-9(14)4-2-8/h5-6,8-9,13-14H,1-4,7H2. The van der Waals surface area contributed by atoms with Crippen molar-refractivity contribution < 1.29 is 9.52 Å². The number of nitrogens with one attached hydrogen (secondary N) is 1. The van der Waals surface area contributed by atoms with Crippen LogP contribution in [0, 0.1) is 3.77 Å². The van der Waals surface area contributed by atoms with Crippen LogP contribution in [0.1, 0.15) is 31.4 Å². The van der Waals surface area contributed by atoms with Gasteiger partial charge in [-0.25, -0.2) is 0 Å². The first-order chi connectivity index (χ1) is 7.24. The highest BCUT2D eigenvalue weighted by molar-refractivity contribution is 14.1. The van der Waals surface area contributed by atoms with Gasteiger partial charge in [0.1, 0.15) is 5.76 Å². The summed E-state index contributed by atoms with van der Waals surface area (Å²) >= 11 is 2.17. The summed E-state index contributed by atoms with van der Waals surface area (Å²) in [6.07, 6.45) is 3.91. The Morgan fingerprint density at radius 3 is 2.67 bits per heavy atom. The molecular formula is C11H16INO2. The third kappa shape index (κ3) is 3.46. The summed E-state index contributed by atoms with van der Waals surface area (Å²) in [5.41, 5.74) is 0.